The quantitative estimate of drug-likeness (QED) is 0.919. The summed E-state index contributed by atoms with van der Waals surface area (Å²) in [4.78, 5) is 0. The van der Waals surface area contributed by atoms with Gasteiger partial charge in [0, 0.05) is 0 Å². The third kappa shape index (κ3) is 2.16. The predicted molar refractivity (Wildman–Crippen MR) is 73.7 cm³/mol. The van der Waals surface area contributed by atoms with Crippen LogP contribution in [0.5, 0.6) is 5.75 Å². The molecular formula is C16H20FNO2. The molecule has 1 aliphatic carbocycles. The fourth-order valence-electron chi connectivity index (χ4n) is 3.25. The van der Waals surface area contributed by atoms with Crippen molar-refractivity contribution in [3.05, 3.63) is 29.6 Å². The van der Waals surface area contributed by atoms with Crippen LogP contribution in [0.1, 0.15) is 44.6 Å². The normalized spacial score (nSPS) is 20.8. The maximum Gasteiger partial charge on any atom is 0.133 e. The molecule has 0 aliphatic heterocycles. The molecule has 0 amide bonds. The van der Waals surface area contributed by atoms with Crippen molar-refractivity contribution in [1.29, 1.82) is 5.26 Å². The lowest BCUT2D eigenvalue weighted by atomic mass is 9.62. The lowest BCUT2D eigenvalue weighted by molar-refractivity contribution is -0.0672. The first-order chi connectivity index (χ1) is 9.48. The minimum absolute atomic E-state index is 0.0888. The Morgan fingerprint density at radius 1 is 1.35 bits per heavy atom. The Morgan fingerprint density at radius 3 is 2.55 bits per heavy atom. The molecule has 0 spiro atoms. The van der Waals surface area contributed by atoms with Crippen LogP contribution >= 0.6 is 0 Å². The standard InChI is InChI=1S/C16H20FNO2/c1-15(19,16(11-18)9-4-3-5-10-16)14-12(17)7-6-8-13(14)20-2/h6-8,19H,3-5,9-10H2,1-2H3. The van der Waals surface area contributed by atoms with Crippen LogP contribution in [-0.2, 0) is 5.60 Å². The van der Waals surface area contributed by atoms with Gasteiger partial charge in [0.2, 0.25) is 0 Å². The summed E-state index contributed by atoms with van der Waals surface area (Å²) in [6.45, 7) is 1.53. The van der Waals surface area contributed by atoms with E-state index in [1.54, 1.807) is 6.07 Å². The maximum absolute atomic E-state index is 14.2. The Kier molecular flexibility index (Phi) is 4.01. The molecule has 1 saturated carbocycles. The van der Waals surface area contributed by atoms with Gasteiger partial charge in [-0.15, -0.1) is 0 Å². The predicted octanol–water partition coefficient (Wildman–Crippen LogP) is 3.52. The smallest absolute Gasteiger partial charge is 0.133 e. The highest BCUT2D eigenvalue weighted by atomic mass is 19.1. The van der Waals surface area contributed by atoms with E-state index in [0.29, 0.717) is 12.8 Å². The van der Waals surface area contributed by atoms with E-state index in [2.05, 4.69) is 6.07 Å². The molecule has 1 fully saturated rings. The first-order valence-corrected chi connectivity index (χ1v) is 6.95. The lowest BCUT2D eigenvalue weighted by Crippen LogP contribution is -2.44. The van der Waals surface area contributed by atoms with Gasteiger partial charge < -0.3 is 9.84 Å². The average molecular weight is 277 g/mol. The van der Waals surface area contributed by atoms with E-state index in [4.69, 9.17) is 4.74 Å². The minimum atomic E-state index is -1.57. The SMILES string of the molecule is COc1cccc(F)c1C(C)(O)C1(C#N)CCCCC1. The second-order valence-corrected chi connectivity index (χ2v) is 5.64. The van der Waals surface area contributed by atoms with Crippen molar-refractivity contribution in [2.75, 3.05) is 7.11 Å². The first kappa shape index (κ1) is 14.8. The number of hydrogen-bond acceptors (Lipinski definition) is 3. The second-order valence-electron chi connectivity index (χ2n) is 5.64. The Bertz CT molecular complexity index is 528. The number of benzene rings is 1. The van der Waals surface area contributed by atoms with Crippen LogP contribution in [0.2, 0.25) is 0 Å². The van der Waals surface area contributed by atoms with E-state index in [1.165, 1.54) is 26.2 Å². The molecule has 1 aromatic rings. The minimum Gasteiger partial charge on any atom is -0.496 e. The van der Waals surface area contributed by atoms with Gasteiger partial charge in [0.1, 0.15) is 17.2 Å². The summed E-state index contributed by atoms with van der Waals surface area (Å²) < 4.78 is 19.4. The molecule has 2 rings (SSSR count). The lowest BCUT2D eigenvalue weighted by Gasteiger charge is -2.43. The summed E-state index contributed by atoms with van der Waals surface area (Å²) in [7, 11) is 1.44. The molecular weight excluding hydrogens is 257 g/mol. The number of aliphatic hydroxyl groups is 1. The molecule has 0 bridgehead atoms. The highest BCUT2D eigenvalue weighted by Crippen LogP contribution is 2.51. The fourth-order valence-corrected chi connectivity index (χ4v) is 3.25. The first-order valence-electron chi connectivity index (χ1n) is 6.95. The number of nitrogens with zero attached hydrogens (tertiary/aromatic N) is 1. The van der Waals surface area contributed by atoms with Gasteiger partial charge in [-0.25, -0.2) is 4.39 Å². The maximum atomic E-state index is 14.2. The van der Waals surface area contributed by atoms with Crippen LogP contribution in [0, 0.1) is 22.6 Å². The molecule has 0 saturated heterocycles. The Balaban J connectivity index is 2.57. The van der Waals surface area contributed by atoms with Gasteiger partial charge >= 0.3 is 0 Å². The van der Waals surface area contributed by atoms with Crippen LogP contribution < -0.4 is 4.74 Å². The van der Waals surface area contributed by atoms with E-state index in [0.717, 1.165) is 19.3 Å². The molecule has 1 aliphatic rings. The van der Waals surface area contributed by atoms with Gasteiger partial charge in [0.15, 0.2) is 0 Å². The van der Waals surface area contributed by atoms with Crippen molar-refractivity contribution in [1.82, 2.24) is 0 Å². The number of rotatable bonds is 3. The molecule has 1 aromatic carbocycles. The average Bonchev–Trinajstić information content (AvgIpc) is 2.47. The van der Waals surface area contributed by atoms with Crippen molar-refractivity contribution in [2.24, 2.45) is 5.41 Å². The second kappa shape index (κ2) is 5.41. The topological polar surface area (TPSA) is 53.2 Å². The molecule has 3 nitrogen and oxygen atoms in total. The number of nitriles is 1. The fraction of sp³-hybridized carbons (Fsp3) is 0.562. The van der Waals surface area contributed by atoms with E-state index in [9.17, 15) is 14.8 Å². The number of ether oxygens (including phenoxy) is 1. The zero-order valence-corrected chi connectivity index (χ0v) is 11.9. The zero-order valence-electron chi connectivity index (χ0n) is 11.9. The Labute approximate surface area is 119 Å². The number of methoxy groups -OCH3 is 1. The highest BCUT2D eigenvalue weighted by Gasteiger charge is 2.51. The van der Waals surface area contributed by atoms with E-state index in [1.807, 2.05) is 0 Å². The van der Waals surface area contributed by atoms with E-state index < -0.39 is 16.8 Å². The Hall–Kier alpha value is -1.60. The zero-order chi connectivity index (χ0) is 14.8. The summed E-state index contributed by atoms with van der Waals surface area (Å²) >= 11 is 0. The largest absolute Gasteiger partial charge is 0.496 e. The van der Waals surface area contributed by atoms with Crippen molar-refractivity contribution in [3.8, 4) is 11.8 Å². The van der Waals surface area contributed by atoms with Crippen LogP contribution in [-0.4, -0.2) is 12.2 Å². The van der Waals surface area contributed by atoms with E-state index >= 15 is 0 Å². The summed E-state index contributed by atoms with van der Waals surface area (Å²) in [6, 6.07) is 6.70. The molecule has 0 heterocycles. The number of hydrogen-bond donors (Lipinski definition) is 1. The summed E-state index contributed by atoms with van der Waals surface area (Å²) in [6.07, 6.45) is 3.96. The van der Waals surface area contributed by atoms with Crippen molar-refractivity contribution in [3.63, 3.8) is 0 Å². The molecule has 20 heavy (non-hydrogen) atoms. The van der Waals surface area contributed by atoms with Gasteiger partial charge in [-0.05, 0) is 31.9 Å². The van der Waals surface area contributed by atoms with Gasteiger partial charge in [0.25, 0.3) is 0 Å². The molecule has 108 valence electrons. The highest BCUT2D eigenvalue weighted by molar-refractivity contribution is 5.41. The molecule has 1 N–H and O–H groups in total. The third-order valence-corrected chi connectivity index (χ3v) is 4.54. The van der Waals surface area contributed by atoms with Gasteiger partial charge in [-0.2, -0.15) is 5.26 Å². The van der Waals surface area contributed by atoms with Crippen LogP contribution in [0.3, 0.4) is 0 Å². The molecule has 1 atom stereocenters. The third-order valence-electron chi connectivity index (χ3n) is 4.54. The van der Waals surface area contributed by atoms with Crippen molar-refractivity contribution >= 4 is 0 Å². The summed E-state index contributed by atoms with van der Waals surface area (Å²) in [5, 5.41) is 20.6. The molecule has 1 unspecified atom stereocenters. The van der Waals surface area contributed by atoms with Crippen LogP contribution in [0.25, 0.3) is 0 Å². The monoisotopic (exact) mass is 277 g/mol. The van der Waals surface area contributed by atoms with Gasteiger partial charge in [-0.3, -0.25) is 0 Å². The molecule has 0 radical (unpaired) electrons. The van der Waals surface area contributed by atoms with E-state index in [-0.39, 0.29) is 11.3 Å². The number of halogens is 1. The Morgan fingerprint density at radius 2 is 2.00 bits per heavy atom. The summed E-state index contributed by atoms with van der Waals surface area (Å²) in [5.74, 6) is -0.246. The summed E-state index contributed by atoms with van der Waals surface area (Å²) in [5.41, 5.74) is -2.44. The van der Waals surface area contributed by atoms with Crippen LogP contribution in [0.15, 0.2) is 18.2 Å². The van der Waals surface area contributed by atoms with Crippen LogP contribution in [0.4, 0.5) is 4.39 Å². The van der Waals surface area contributed by atoms with Gasteiger partial charge in [-0.1, -0.05) is 25.3 Å². The van der Waals surface area contributed by atoms with Gasteiger partial charge in [0.05, 0.1) is 24.2 Å². The van der Waals surface area contributed by atoms with Crippen molar-refractivity contribution < 1.29 is 14.2 Å². The van der Waals surface area contributed by atoms with Crippen molar-refractivity contribution in [2.45, 2.75) is 44.6 Å². The molecule has 4 heteroatoms. The molecule has 0 aromatic heterocycles.